The summed E-state index contributed by atoms with van der Waals surface area (Å²) in [6.45, 7) is 4.26. The van der Waals surface area contributed by atoms with Gasteiger partial charge in [-0.15, -0.1) is 0 Å². The highest BCUT2D eigenvalue weighted by atomic mass is 15.1. The predicted molar refractivity (Wildman–Crippen MR) is 338 cm³/mol. The SMILES string of the molecule is C/C=C\C(=C/c1ccccc1C)c1cc(-n2c3ccccc3c3ccc4c(c5ccccc5n4-c4cc(-n5c6ccccc6c6ccccc65)cc(-n5c6ccccc6c6ccccc65)c4)c32)cc(-c2ccc3ccccc3c2)n1. The van der Waals surface area contributed by atoms with Gasteiger partial charge in [-0.2, -0.15) is 0 Å². The van der Waals surface area contributed by atoms with Crippen LogP contribution < -0.4 is 0 Å². The van der Waals surface area contributed by atoms with Crippen molar-refractivity contribution in [3.05, 3.63) is 284 Å². The summed E-state index contributed by atoms with van der Waals surface area (Å²) >= 11 is 0. The Morgan fingerprint density at radius 3 is 1.38 bits per heavy atom. The van der Waals surface area contributed by atoms with Crippen molar-refractivity contribution >= 4 is 110 Å². The second kappa shape index (κ2) is 18.1. The molecule has 0 saturated carbocycles. The van der Waals surface area contributed by atoms with E-state index in [4.69, 9.17) is 4.98 Å². The highest BCUT2D eigenvalue weighted by Gasteiger charge is 2.24. The lowest BCUT2D eigenvalue weighted by Crippen LogP contribution is -2.03. The molecule has 0 aliphatic rings. The molecule has 0 saturated heterocycles. The Morgan fingerprint density at radius 2 is 0.812 bits per heavy atom. The van der Waals surface area contributed by atoms with Crippen LogP contribution >= 0.6 is 0 Å². The molecular formula is C75H51N5. The summed E-state index contributed by atoms with van der Waals surface area (Å²) in [5, 5.41) is 12.0. The minimum atomic E-state index is 0.895. The average Bonchev–Trinajstić information content (AvgIpc) is 4.43. The number of rotatable bonds is 8. The Kier molecular flexibility index (Phi) is 10.3. The van der Waals surface area contributed by atoms with E-state index < -0.39 is 0 Å². The first-order valence-corrected chi connectivity index (χ1v) is 27.6. The quantitative estimate of drug-likeness (QED) is 0.140. The van der Waals surface area contributed by atoms with E-state index in [1.54, 1.807) is 0 Å². The van der Waals surface area contributed by atoms with Crippen LogP contribution in [0, 0.1) is 6.92 Å². The summed E-state index contributed by atoms with van der Waals surface area (Å²) < 4.78 is 9.94. The lowest BCUT2D eigenvalue weighted by molar-refractivity contribution is 1.10. The van der Waals surface area contributed by atoms with Gasteiger partial charge in [-0.25, -0.2) is 4.98 Å². The van der Waals surface area contributed by atoms with Crippen LogP contribution in [0.4, 0.5) is 0 Å². The Morgan fingerprint density at radius 1 is 0.362 bits per heavy atom. The molecule has 0 fully saturated rings. The molecule has 5 aromatic heterocycles. The lowest BCUT2D eigenvalue weighted by atomic mass is 10.0. The van der Waals surface area contributed by atoms with Crippen molar-refractivity contribution in [2.45, 2.75) is 13.8 Å². The molecule has 5 heteroatoms. The fourth-order valence-corrected chi connectivity index (χ4v) is 13.0. The molecule has 0 bridgehead atoms. The Balaban J connectivity index is 1.01. The molecule has 16 aromatic rings. The molecule has 0 amide bonds. The number of aryl methyl sites for hydroxylation is 1. The maximum atomic E-state index is 5.57. The van der Waals surface area contributed by atoms with Crippen LogP contribution in [0.2, 0.25) is 0 Å². The number of para-hydroxylation sites is 6. The fraction of sp³-hybridized carbons (Fsp3) is 0.0267. The van der Waals surface area contributed by atoms with E-state index in [1.807, 2.05) is 0 Å². The Bertz CT molecular complexity index is 5040. The molecular weight excluding hydrogens is 971 g/mol. The molecule has 5 heterocycles. The number of pyridine rings is 1. The number of benzene rings is 11. The summed E-state index contributed by atoms with van der Waals surface area (Å²) in [6, 6.07) is 93.5. The zero-order chi connectivity index (χ0) is 53.0. The molecule has 0 aliphatic carbocycles. The second-order valence-corrected chi connectivity index (χ2v) is 21.1. The molecule has 0 atom stereocenters. The third-order valence-electron chi connectivity index (χ3n) is 16.5. The van der Waals surface area contributed by atoms with E-state index in [9.17, 15) is 0 Å². The van der Waals surface area contributed by atoms with Gasteiger partial charge in [-0.05, 0) is 121 Å². The summed E-state index contributed by atoms with van der Waals surface area (Å²) in [5.41, 5.74) is 19.7. The van der Waals surface area contributed by atoms with Gasteiger partial charge in [0, 0.05) is 54.2 Å². The van der Waals surface area contributed by atoms with Crippen LogP contribution in [-0.4, -0.2) is 23.3 Å². The maximum absolute atomic E-state index is 5.57. The fourth-order valence-electron chi connectivity index (χ4n) is 13.0. The Hall–Kier alpha value is -10.5. The second-order valence-electron chi connectivity index (χ2n) is 21.1. The number of nitrogens with zero attached hydrogens (tertiary/aromatic N) is 5. The number of hydrogen-bond acceptors (Lipinski definition) is 1. The van der Waals surface area contributed by atoms with E-state index >= 15 is 0 Å². The summed E-state index contributed by atoms with van der Waals surface area (Å²) in [5.74, 6) is 0. The van der Waals surface area contributed by atoms with Crippen LogP contribution in [0.5, 0.6) is 0 Å². The molecule has 5 nitrogen and oxygen atoms in total. The monoisotopic (exact) mass is 1020 g/mol. The average molecular weight is 1020 g/mol. The van der Waals surface area contributed by atoms with Gasteiger partial charge in [0.25, 0.3) is 0 Å². The van der Waals surface area contributed by atoms with Crippen LogP contribution in [0.15, 0.2) is 267 Å². The Labute approximate surface area is 462 Å². The van der Waals surface area contributed by atoms with Crippen molar-refractivity contribution in [1.29, 1.82) is 0 Å². The molecule has 376 valence electrons. The molecule has 0 radical (unpaired) electrons. The number of fused-ring (bicyclic) bond motifs is 14. The van der Waals surface area contributed by atoms with Crippen molar-refractivity contribution in [1.82, 2.24) is 23.3 Å². The first kappa shape index (κ1) is 45.7. The topological polar surface area (TPSA) is 32.6 Å². The van der Waals surface area contributed by atoms with Gasteiger partial charge in [0.2, 0.25) is 0 Å². The number of hydrogen-bond donors (Lipinski definition) is 0. The zero-order valence-electron chi connectivity index (χ0n) is 44.2. The third kappa shape index (κ3) is 7.00. The van der Waals surface area contributed by atoms with Crippen molar-refractivity contribution in [2.24, 2.45) is 0 Å². The van der Waals surface area contributed by atoms with Crippen LogP contribution in [0.25, 0.3) is 144 Å². The van der Waals surface area contributed by atoms with E-state index in [1.165, 1.54) is 81.5 Å². The van der Waals surface area contributed by atoms with Crippen molar-refractivity contribution < 1.29 is 0 Å². The number of aromatic nitrogens is 5. The first-order valence-electron chi connectivity index (χ1n) is 27.6. The van der Waals surface area contributed by atoms with Crippen molar-refractivity contribution in [3.8, 4) is 34.0 Å². The molecule has 16 rings (SSSR count). The standard InChI is InChI=1S/C75H51N5/c1-3-20-52(41-50-23-5-4-21-48(50)2)65-46-57(47-66(76-65)53-38-37-49-22-6-7-24-51(49)42-53)80-71-35-18-12-29-62(71)63-39-40-73-74(75(63)80)64-30-13-19-36-72(64)79(73)56-44-54(77-67-31-14-8-25-58(67)59-26-9-15-32-68(59)77)43-55(45-56)78-69-33-16-10-27-60(69)61-28-11-17-34-70(61)78/h3-47H,1-2H3/b20-3-,52-41+. The van der Waals surface area contributed by atoms with E-state index in [0.29, 0.717) is 0 Å². The van der Waals surface area contributed by atoms with E-state index in [0.717, 1.165) is 72.9 Å². The van der Waals surface area contributed by atoms with Gasteiger partial charge in [0.05, 0.1) is 78.3 Å². The normalized spacial score (nSPS) is 12.4. The third-order valence-corrected chi connectivity index (χ3v) is 16.5. The van der Waals surface area contributed by atoms with Gasteiger partial charge in [-0.1, -0.05) is 188 Å². The first-order chi connectivity index (χ1) is 39.6. The smallest absolute Gasteiger partial charge is 0.0730 e. The van der Waals surface area contributed by atoms with E-state index in [2.05, 4.69) is 305 Å². The zero-order valence-corrected chi connectivity index (χ0v) is 44.2. The highest BCUT2D eigenvalue weighted by molar-refractivity contribution is 6.26. The molecule has 0 aliphatic heterocycles. The van der Waals surface area contributed by atoms with Gasteiger partial charge < -0.3 is 18.3 Å². The van der Waals surface area contributed by atoms with Crippen LogP contribution in [0.1, 0.15) is 23.7 Å². The minimum absolute atomic E-state index is 0.895. The number of allylic oxidation sites excluding steroid dienone is 3. The molecule has 11 aromatic carbocycles. The molecule has 0 unspecified atom stereocenters. The van der Waals surface area contributed by atoms with Gasteiger partial charge in [0.1, 0.15) is 0 Å². The van der Waals surface area contributed by atoms with Crippen molar-refractivity contribution in [3.63, 3.8) is 0 Å². The minimum Gasteiger partial charge on any atom is -0.309 e. The van der Waals surface area contributed by atoms with Gasteiger partial charge in [-0.3, -0.25) is 0 Å². The largest absolute Gasteiger partial charge is 0.309 e. The maximum Gasteiger partial charge on any atom is 0.0730 e. The summed E-state index contributed by atoms with van der Waals surface area (Å²) in [7, 11) is 0. The molecule has 0 spiro atoms. The predicted octanol–water partition coefficient (Wildman–Crippen LogP) is 19.7. The van der Waals surface area contributed by atoms with Crippen LogP contribution in [0.3, 0.4) is 0 Å². The van der Waals surface area contributed by atoms with Gasteiger partial charge in [0.15, 0.2) is 0 Å². The van der Waals surface area contributed by atoms with E-state index in [-0.39, 0.29) is 0 Å². The molecule has 80 heavy (non-hydrogen) atoms. The van der Waals surface area contributed by atoms with Crippen molar-refractivity contribution in [2.75, 3.05) is 0 Å². The van der Waals surface area contributed by atoms with Crippen LogP contribution in [-0.2, 0) is 0 Å². The summed E-state index contributed by atoms with van der Waals surface area (Å²) in [4.78, 5) is 5.57. The molecule has 0 N–H and O–H groups in total. The van der Waals surface area contributed by atoms with Gasteiger partial charge >= 0.3 is 0 Å². The lowest BCUT2D eigenvalue weighted by Gasteiger charge is -2.17. The summed E-state index contributed by atoms with van der Waals surface area (Å²) in [6.07, 6.45) is 6.60. The highest BCUT2D eigenvalue weighted by Crippen LogP contribution is 2.45.